The molecule has 0 saturated carbocycles. The summed E-state index contributed by atoms with van der Waals surface area (Å²) in [7, 11) is 0. The van der Waals surface area contributed by atoms with Gasteiger partial charge in [0.05, 0.1) is 16.2 Å². The number of amides is 1. The van der Waals surface area contributed by atoms with E-state index in [1.807, 2.05) is 6.92 Å². The molecule has 0 aliphatic heterocycles. The van der Waals surface area contributed by atoms with Crippen molar-refractivity contribution >= 4 is 34.5 Å². The number of nitrogens with zero attached hydrogens (tertiary/aromatic N) is 1. The first-order valence-corrected chi connectivity index (χ1v) is 5.86. The van der Waals surface area contributed by atoms with E-state index in [0.29, 0.717) is 22.8 Å². The maximum absolute atomic E-state index is 11.6. The normalized spacial score (nSPS) is 9.93. The number of carbonyl (C=O) groups is 1. The van der Waals surface area contributed by atoms with Crippen LogP contribution < -0.4 is 11.1 Å². The summed E-state index contributed by atoms with van der Waals surface area (Å²) in [6.45, 7) is 2.41. The highest BCUT2D eigenvalue weighted by Gasteiger charge is 2.10. The first kappa shape index (κ1) is 12.1. The summed E-state index contributed by atoms with van der Waals surface area (Å²) in [5.74, 6) is -0.0714. The molecule has 3 N–H and O–H groups in total. The quantitative estimate of drug-likeness (QED) is 0.603. The summed E-state index contributed by atoms with van der Waals surface area (Å²) in [4.78, 5) is 16.7. The highest BCUT2D eigenvalue weighted by Crippen LogP contribution is 2.11. The molecule has 0 aliphatic carbocycles. The lowest BCUT2D eigenvalue weighted by Gasteiger charge is -2.03. The number of aryl methyl sites for hydroxylation is 1. The van der Waals surface area contributed by atoms with E-state index >= 15 is 0 Å². The highest BCUT2D eigenvalue weighted by molar-refractivity contribution is 7.80. The Balaban J connectivity index is 2.31. The summed E-state index contributed by atoms with van der Waals surface area (Å²) < 4.78 is 0. The first-order valence-electron chi connectivity index (χ1n) is 4.58. The fourth-order valence-electron chi connectivity index (χ4n) is 1.06. The number of thiazole rings is 1. The Morgan fingerprint density at radius 1 is 1.73 bits per heavy atom. The molecular weight excluding hydrogens is 230 g/mol. The van der Waals surface area contributed by atoms with Crippen LogP contribution in [0.2, 0.25) is 0 Å². The Hall–Kier alpha value is -1.01. The van der Waals surface area contributed by atoms with Gasteiger partial charge in [0.1, 0.15) is 4.88 Å². The van der Waals surface area contributed by atoms with E-state index in [9.17, 15) is 4.79 Å². The molecule has 0 fully saturated rings. The number of carbonyl (C=O) groups excluding carboxylic acids is 1. The maximum atomic E-state index is 11.6. The summed E-state index contributed by atoms with van der Waals surface area (Å²) in [6.07, 6.45) is 1.44. The molecule has 15 heavy (non-hydrogen) atoms. The van der Waals surface area contributed by atoms with Gasteiger partial charge in [-0.25, -0.2) is 4.98 Å². The Morgan fingerprint density at radius 2 is 2.47 bits per heavy atom. The molecule has 1 amide bonds. The van der Waals surface area contributed by atoms with Crippen LogP contribution in [-0.2, 0) is 0 Å². The van der Waals surface area contributed by atoms with Gasteiger partial charge >= 0.3 is 0 Å². The predicted molar refractivity (Wildman–Crippen MR) is 65.2 cm³/mol. The highest BCUT2D eigenvalue weighted by atomic mass is 32.1. The molecule has 0 spiro atoms. The zero-order chi connectivity index (χ0) is 11.3. The van der Waals surface area contributed by atoms with Crippen LogP contribution in [0.3, 0.4) is 0 Å². The van der Waals surface area contributed by atoms with Crippen molar-refractivity contribution in [3.63, 3.8) is 0 Å². The van der Waals surface area contributed by atoms with Gasteiger partial charge < -0.3 is 11.1 Å². The van der Waals surface area contributed by atoms with Crippen molar-refractivity contribution in [1.82, 2.24) is 10.3 Å². The van der Waals surface area contributed by atoms with Crippen molar-refractivity contribution < 1.29 is 4.79 Å². The topological polar surface area (TPSA) is 68.0 Å². The summed E-state index contributed by atoms with van der Waals surface area (Å²) in [5, 5.41) is 2.80. The second kappa shape index (κ2) is 5.77. The zero-order valence-corrected chi connectivity index (χ0v) is 10.1. The fraction of sp³-hybridized carbons (Fsp3) is 0.444. The SMILES string of the molecule is Cc1ncsc1C(=O)NCCCC(N)=S. The third kappa shape index (κ3) is 3.93. The molecule has 6 heteroatoms. The Morgan fingerprint density at radius 3 is 3.00 bits per heavy atom. The number of nitrogens with two attached hydrogens (primary N) is 1. The van der Waals surface area contributed by atoms with Crippen molar-refractivity contribution in [2.75, 3.05) is 6.54 Å². The number of thiocarbonyl (C=S) groups is 1. The Bertz CT molecular complexity index is 362. The van der Waals surface area contributed by atoms with E-state index < -0.39 is 0 Å². The average Bonchev–Trinajstić information content (AvgIpc) is 2.58. The number of hydrogen-bond acceptors (Lipinski definition) is 4. The monoisotopic (exact) mass is 243 g/mol. The van der Waals surface area contributed by atoms with Crippen molar-refractivity contribution in [1.29, 1.82) is 0 Å². The maximum Gasteiger partial charge on any atom is 0.263 e. The molecule has 0 atom stereocenters. The van der Waals surface area contributed by atoms with Crippen molar-refractivity contribution in [2.45, 2.75) is 19.8 Å². The van der Waals surface area contributed by atoms with Gasteiger partial charge in [-0.15, -0.1) is 11.3 Å². The molecule has 4 nitrogen and oxygen atoms in total. The molecule has 1 aromatic heterocycles. The van der Waals surface area contributed by atoms with Crippen LogP contribution in [0.5, 0.6) is 0 Å². The molecule has 1 heterocycles. The van der Waals surface area contributed by atoms with E-state index in [-0.39, 0.29) is 5.91 Å². The van der Waals surface area contributed by atoms with Crippen LogP contribution in [0, 0.1) is 6.92 Å². The molecule has 1 aromatic rings. The van der Waals surface area contributed by atoms with Gasteiger partial charge in [0, 0.05) is 6.54 Å². The molecule has 0 aromatic carbocycles. The standard InChI is InChI=1S/C9H13N3OS2/c1-6-8(15-5-12-6)9(13)11-4-2-3-7(10)14/h5H,2-4H2,1H3,(H2,10,14)(H,11,13). The van der Waals surface area contributed by atoms with Crippen molar-refractivity contribution in [2.24, 2.45) is 5.73 Å². The van der Waals surface area contributed by atoms with Gasteiger partial charge in [-0.3, -0.25) is 4.79 Å². The van der Waals surface area contributed by atoms with Crippen LogP contribution >= 0.6 is 23.6 Å². The van der Waals surface area contributed by atoms with Crippen LogP contribution in [0.4, 0.5) is 0 Å². The third-order valence-electron chi connectivity index (χ3n) is 1.84. The van der Waals surface area contributed by atoms with Crippen LogP contribution in [-0.4, -0.2) is 22.4 Å². The minimum absolute atomic E-state index is 0.0714. The van der Waals surface area contributed by atoms with E-state index in [4.69, 9.17) is 18.0 Å². The smallest absolute Gasteiger partial charge is 0.263 e. The number of aromatic nitrogens is 1. The predicted octanol–water partition coefficient (Wildman–Crippen LogP) is 1.25. The third-order valence-corrected chi connectivity index (χ3v) is 2.97. The van der Waals surface area contributed by atoms with E-state index in [1.54, 1.807) is 5.51 Å². The zero-order valence-electron chi connectivity index (χ0n) is 8.45. The first-order chi connectivity index (χ1) is 7.11. The Kier molecular flexibility index (Phi) is 4.64. The lowest BCUT2D eigenvalue weighted by Crippen LogP contribution is -2.25. The Labute approximate surface area is 97.9 Å². The molecular formula is C9H13N3OS2. The van der Waals surface area contributed by atoms with Gasteiger partial charge in [-0.05, 0) is 19.8 Å². The van der Waals surface area contributed by atoms with Gasteiger partial charge in [0.15, 0.2) is 0 Å². The summed E-state index contributed by atoms with van der Waals surface area (Å²) in [5.41, 5.74) is 7.77. The molecule has 0 unspecified atom stereocenters. The second-order valence-electron chi connectivity index (χ2n) is 3.09. The van der Waals surface area contributed by atoms with Crippen LogP contribution in [0.1, 0.15) is 28.2 Å². The van der Waals surface area contributed by atoms with Crippen molar-refractivity contribution in [3.8, 4) is 0 Å². The van der Waals surface area contributed by atoms with Crippen LogP contribution in [0.15, 0.2) is 5.51 Å². The molecule has 0 bridgehead atoms. The number of hydrogen-bond donors (Lipinski definition) is 2. The minimum Gasteiger partial charge on any atom is -0.393 e. The lowest BCUT2D eigenvalue weighted by atomic mass is 10.3. The largest absolute Gasteiger partial charge is 0.393 e. The minimum atomic E-state index is -0.0714. The van der Waals surface area contributed by atoms with Crippen molar-refractivity contribution in [3.05, 3.63) is 16.1 Å². The van der Waals surface area contributed by atoms with Gasteiger partial charge in [-0.2, -0.15) is 0 Å². The summed E-state index contributed by atoms with van der Waals surface area (Å²) >= 11 is 6.08. The van der Waals surface area contributed by atoms with E-state index in [1.165, 1.54) is 11.3 Å². The van der Waals surface area contributed by atoms with E-state index in [0.717, 1.165) is 12.1 Å². The van der Waals surface area contributed by atoms with Gasteiger partial charge in [-0.1, -0.05) is 12.2 Å². The second-order valence-corrected chi connectivity index (χ2v) is 4.47. The summed E-state index contributed by atoms with van der Waals surface area (Å²) in [6, 6.07) is 0. The van der Waals surface area contributed by atoms with Gasteiger partial charge in [0.25, 0.3) is 5.91 Å². The number of nitrogens with one attached hydrogen (secondary N) is 1. The lowest BCUT2D eigenvalue weighted by molar-refractivity contribution is 0.0956. The molecule has 0 saturated heterocycles. The number of rotatable bonds is 5. The molecule has 0 aliphatic rings. The molecule has 82 valence electrons. The molecule has 0 radical (unpaired) electrons. The average molecular weight is 243 g/mol. The molecule has 1 rings (SSSR count). The van der Waals surface area contributed by atoms with Gasteiger partial charge in [0.2, 0.25) is 0 Å². The van der Waals surface area contributed by atoms with Crippen LogP contribution in [0.25, 0.3) is 0 Å². The van der Waals surface area contributed by atoms with E-state index in [2.05, 4.69) is 10.3 Å². The fourth-order valence-corrected chi connectivity index (χ4v) is 1.93.